The number of urea groups is 1. The summed E-state index contributed by atoms with van der Waals surface area (Å²) in [6, 6.07) is 17.0. The maximum atomic E-state index is 12.5. The van der Waals surface area contributed by atoms with E-state index < -0.39 is 0 Å². The highest BCUT2D eigenvalue weighted by Gasteiger charge is 2.13. The summed E-state index contributed by atoms with van der Waals surface area (Å²) in [4.78, 5) is 18.2. The molecule has 3 rings (SSSR count). The van der Waals surface area contributed by atoms with Crippen molar-refractivity contribution in [1.29, 1.82) is 0 Å². The van der Waals surface area contributed by atoms with Crippen molar-refractivity contribution in [2.45, 2.75) is 6.54 Å². The van der Waals surface area contributed by atoms with Gasteiger partial charge in [-0.1, -0.05) is 42.2 Å². The lowest BCUT2D eigenvalue weighted by Crippen LogP contribution is -2.32. The zero-order chi connectivity index (χ0) is 18.4. The number of rotatable bonds is 3. The zero-order valence-electron chi connectivity index (χ0n) is 14.7. The van der Waals surface area contributed by atoms with E-state index >= 15 is 0 Å². The number of carbonyl (C=O) groups is 1. The average Bonchev–Trinajstić information content (AvgIpc) is 3.06. The fraction of sp³-hybridized carbons (Fsp3) is 0.150. The number of nitrogens with zero attached hydrogens (tertiary/aromatic N) is 4. The van der Waals surface area contributed by atoms with E-state index in [0.717, 1.165) is 11.1 Å². The van der Waals surface area contributed by atoms with Crippen LogP contribution < -0.4 is 5.32 Å². The molecule has 0 aliphatic heterocycles. The molecular weight excluding hydrogens is 326 g/mol. The van der Waals surface area contributed by atoms with Crippen molar-refractivity contribution in [3.63, 3.8) is 0 Å². The molecule has 1 heterocycles. The van der Waals surface area contributed by atoms with Crippen LogP contribution in [0.15, 0.2) is 60.9 Å². The van der Waals surface area contributed by atoms with Crippen LogP contribution in [0.1, 0.15) is 17.0 Å². The van der Waals surface area contributed by atoms with Crippen LogP contribution in [0.2, 0.25) is 0 Å². The number of aromatic nitrogens is 3. The predicted molar refractivity (Wildman–Crippen MR) is 100 cm³/mol. The van der Waals surface area contributed by atoms with Crippen LogP contribution in [-0.2, 0) is 13.6 Å². The second-order valence-corrected chi connectivity index (χ2v) is 5.75. The van der Waals surface area contributed by atoms with E-state index in [1.807, 2.05) is 54.6 Å². The van der Waals surface area contributed by atoms with Gasteiger partial charge in [-0.25, -0.2) is 9.78 Å². The highest BCUT2D eigenvalue weighted by atomic mass is 16.2. The van der Waals surface area contributed by atoms with Crippen molar-refractivity contribution in [1.82, 2.24) is 19.7 Å². The summed E-state index contributed by atoms with van der Waals surface area (Å²) < 4.78 is 1.64. The summed E-state index contributed by atoms with van der Waals surface area (Å²) in [5.41, 5.74) is 2.36. The normalized spacial score (nSPS) is 9.92. The molecule has 26 heavy (non-hydrogen) atoms. The average molecular weight is 345 g/mol. The van der Waals surface area contributed by atoms with Gasteiger partial charge in [-0.3, -0.25) is 4.68 Å². The summed E-state index contributed by atoms with van der Waals surface area (Å²) in [5.74, 6) is 6.94. The van der Waals surface area contributed by atoms with Crippen LogP contribution in [0.3, 0.4) is 0 Å². The van der Waals surface area contributed by atoms with Crippen molar-refractivity contribution in [3.05, 3.63) is 77.9 Å². The molecule has 3 aromatic rings. The van der Waals surface area contributed by atoms with Gasteiger partial charge in [0.05, 0.1) is 12.2 Å². The van der Waals surface area contributed by atoms with E-state index in [2.05, 4.69) is 27.2 Å². The number of nitrogens with one attached hydrogen (secondary N) is 1. The molecule has 1 aromatic heterocycles. The van der Waals surface area contributed by atoms with E-state index in [1.54, 1.807) is 23.7 Å². The fourth-order valence-corrected chi connectivity index (χ4v) is 2.32. The van der Waals surface area contributed by atoms with Crippen LogP contribution in [0.4, 0.5) is 10.5 Å². The van der Waals surface area contributed by atoms with Crippen molar-refractivity contribution in [2.75, 3.05) is 12.4 Å². The predicted octanol–water partition coefficient (Wildman–Crippen LogP) is 2.88. The van der Waals surface area contributed by atoms with Gasteiger partial charge in [0.15, 0.2) is 0 Å². The highest BCUT2D eigenvalue weighted by Crippen LogP contribution is 2.15. The van der Waals surface area contributed by atoms with Crippen LogP contribution in [-0.4, -0.2) is 32.7 Å². The number of hydrogen-bond donors (Lipinski definition) is 1. The summed E-state index contributed by atoms with van der Waals surface area (Å²) in [5, 5.41) is 6.91. The third-order valence-corrected chi connectivity index (χ3v) is 3.81. The molecule has 2 aromatic carbocycles. The lowest BCUT2D eigenvalue weighted by atomic mass is 10.1. The van der Waals surface area contributed by atoms with Gasteiger partial charge in [0.2, 0.25) is 0 Å². The second-order valence-electron chi connectivity index (χ2n) is 5.75. The first-order valence-corrected chi connectivity index (χ1v) is 8.14. The Morgan fingerprint density at radius 3 is 2.58 bits per heavy atom. The van der Waals surface area contributed by atoms with Crippen molar-refractivity contribution >= 4 is 11.7 Å². The zero-order valence-corrected chi connectivity index (χ0v) is 14.7. The molecule has 0 saturated heterocycles. The van der Waals surface area contributed by atoms with E-state index in [0.29, 0.717) is 18.1 Å². The lowest BCUT2D eigenvalue weighted by Gasteiger charge is -2.18. The molecule has 0 fully saturated rings. The van der Waals surface area contributed by atoms with Gasteiger partial charge in [-0.05, 0) is 24.3 Å². The van der Waals surface area contributed by atoms with Crippen LogP contribution in [0.5, 0.6) is 0 Å². The molecule has 0 radical (unpaired) electrons. The van der Waals surface area contributed by atoms with E-state index in [-0.39, 0.29) is 6.03 Å². The molecular formula is C20H19N5O. The van der Waals surface area contributed by atoms with Crippen LogP contribution in [0, 0.1) is 11.8 Å². The van der Waals surface area contributed by atoms with Gasteiger partial charge in [-0.2, -0.15) is 5.10 Å². The Balaban J connectivity index is 1.73. The van der Waals surface area contributed by atoms with E-state index in [4.69, 9.17) is 0 Å². The Labute approximate surface area is 152 Å². The smallest absolute Gasteiger partial charge is 0.320 e. The summed E-state index contributed by atoms with van der Waals surface area (Å²) >= 11 is 0. The minimum Gasteiger partial charge on any atom is -0.320 e. The minimum atomic E-state index is -0.234. The maximum Gasteiger partial charge on any atom is 0.322 e. The third-order valence-electron chi connectivity index (χ3n) is 3.81. The Hall–Kier alpha value is -3.59. The number of carbonyl (C=O) groups excluding carboxylic acids is 1. The molecule has 0 aliphatic carbocycles. The van der Waals surface area contributed by atoms with Gasteiger partial charge in [0.1, 0.15) is 12.2 Å². The Kier molecular flexibility index (Phi) is 5.30. The molecule has 6 heteroatoms. The first-order valence-electron chi connectivity index (χ1n) is 8.14. The minimum absolute atomic E-state index is 0.234. The molecule has 0 saturated carbocycles. The van der Waals surface area contributed by atoms with E-state index in [1.165, 1.54) is 6.33 Å². The van der Waals surface area contributed by atoms with Gasteiger partial charge >= 0.3 is 6.03 Å². The van der Waals surface area contributed by atoms with Crippen LogP contribution in [0.25, 0.3) is 0 Å². The largest absolute Gasteiger partial charge is 0.322 e. The summed E-state index contributed by atoms with van der Waals surface area (Å²) in [6.07, 6.45) is 1.47. The lowest BCUT2D eigenvalue weighted by molar-refractivity contribution is 0.219. The standard InChI is InChI=1S/C20H19N5O/c1-24(14-19-21-15-22-25(19)2)20(26)23-18-11-7-6-10-17(18)13-12-16-8-4-3-5-9-16/h3-11,15H,14H2,1-2H3,(H,23,26). The quantitative estimate of drug-likeness (QED) is 0.743. The summed E-state index contributed by atoms with van der Waals surface area (Å²) in [6.45, 7) is 0.361. The second kappa shape index (κ2) is 7.99. The topological polar surface area (TPSA) is 63.1 Å². The molecule has 0 aliphatic rings. The molecule has 0 unspecified atom stereocenters. The molecule has 0 atom stereocenters. The third kappa shape index (κ3) is 4.28. The maximum absolute atomic E-state index is 12.5. The first-order chi connectivity index (χ1) is 12.6. The number of para-hydroxylation sites is 1. The van der Waals surface area contributed by atoms with E-state index in [9.17, 15) is 4.79 Å². The first kappa shape index (κ1) is 17.2. The SMILES string of the molecule is CN(Cc1ncnn1C)C(=O)Nc1ccccc1C#Cc1ccccc1. The monoisotopic (exact) mass is 345 g/mol. The highest BCUT2D eigenvalue weighted by molar-refractivity contribution is 5.90. The molecule has 2 amide bonds. The summed E-state index contributed by atoms with van der Waals surface area (Å²) in [7, 11) is 3.50. The fourth-order valence-electron chi connectivity index (χ4n) is 2.32. The molecule has 130 valence electrons. The number of benzene rings is 2. The van der Waals surface area contributed by atoms with Gasteiger partial charge < -0.3 is 10.2 Å². The van der Waals surface area contributed by atoms with Gasteiger partial charge in [-0.15, -0.1) is 0 Å². The number of anilines is 1. The van der Waals surface area contributed by atoms with Gasteiger partial charge in [0, 0.05) is 25.2 Å². The number of aryl methyl sites for hydroxylation is 1. The molecule has 6 nitrogen and oxygen atoms in total. The Morgan fingerprint density at radius 1 is 1.12 bits per heavy atom. The number of amides is 2. The molecule has 1 N–H and O–H groups in total. The van der Waals surface area contributed by atoms with Crippen molar-refractivity contribution < 1.29 is 4.79 Å². The Morgan fingerprint density at radius 2 is 1.85 bits per heavy atom. The van der Waals surface area contributed by atoms with Crippen molar-refractivity contribution in [2.24, 2.45) is 7.05 Å². The molecule has 0 bridgehead atoms. The Bertz CT molecular complexity index is 953. The molecule has 0 spiro atoms. The van der Waals surface area contributed by atoms with Crippen molar-refractivity contribution in [3.8, 4) is 11.8 Å². The number of hydrogen-bond acceptors (Lipinski definition) is 3. The van der Waals surface area contributed by atoms with Gasteiger partial charge in [0.25, 0.3) is 0 Å². The van der Waals surface area contributed by atoms with Crippen LogP contribution >= 0.6 is 0 Å².